The highest BCUT2D eigenvalue weighted by atomic mass is 32.1. The van der Waals surface area contributed by atoms with Crippen molar-refractivity contribution in [1.29, 1.82) is 0 Å². The second kappa shape index (κ2) is 17.5. The summed E-state index contributed by atoms with van der Waals surface area (Å²) in [6, 6.07) is 5.41. The maximum Gasteiger partial charge on any atom is 0.209 e. The van der Waals surface area contributed by atoms with Gasteiger partial charge in [-0.25, -0.2) is 43.9 Å². The molecule has 0 bridgehead atoms. The van der Waals surface area contributed by atoms with Gasteiger partial charge >= 0.3 is 0 Å². The SMILES string of the molecule is CCCCCCc1c(-c2ccc(C(=O)c3c(F)c(F)c(F)c(F)c3F)s2)sc2c1C(=O)c1c-2sc(-c2ccc(C(=O)c3c(F)c(F)c(F)c(F)c3F)s2)c1CCCCCC. The number of benzene rings is 2. The molecule has 0 saturated carbocycles. The number of hydrogen-bond donors (Lipinski definition) is 0. The quantitative estimate of drug-likeness (QED) is 0.0319. The number of unbranched alkanes of at least 4 members (excludes halogenated alkanes) is 6. The molecule has 3 nitrogen and oxygen atoms in total. The summed E-state index contributed by atoms with van der Waals surface area (Å²) in [6.07, 6.45) is 7.66. The number of hydrogen-bond acceptors (Lipinski definition) is 7. The van der Waals surface area contributed by atoms with E-state index in [4.69, 9.17) is 0 Å². The average molecular weight is 913 g/mol. The zero-order valence-corrected chi connectivity index (χ0v) is 34.8. The van der Waals surface area contributed by atoms with E-state index in [1.165, 1.54) is 46.9 Å². The molecule has 1 aliphatic rings. The molecule has 17 heteroatoms. The lowest BCUT2D eigenvalue weighted by Gasteiger charge is -2.08. The van der Waals surface area contributed by atoms with Crippen LogP contribution in [0.5, 0.6) is 0 Å². The van der Waals surface area contributed by atoms with E-state index in [9.17, 15) is 58.3 Å². The van der Waals surface area contributed by atoms with Crippen molar-refractivity contribution in [3.8, 4) is 29.3 Å². The van der Waals surface area contributed by atoms with Gasteiger partial charge in [0.2, 0.25) is 23.2 Å². The van der Waals surface area contributed by atoms with Crippen molar-refractivity contribution in [2.75, 3.05) is 0 Å². The third kappa shape index (κ3) is 7.38. The number of rotatable bonds is 16. The molecule has 0 amide bonds. The molecule has 0 spiro atoms. The van der Waals surface area contributed by atoms with Gasteiger partial charge < -0.3 is 0 Å². The average Bonchev–Trinajstić information content (AvgIpc) is 4.08. The Labute approximate surface area is 352 Å². The molecule has 0 atom stereocenters. The summed E-state index contributed by atoms with van der Waals surface area (Å²) in [4.78, 5) is 43.8. The topological polar surface area (TPSA) is 51.2 Å². The molecule has 6 aromatic rings. The van der Waals surface area contributed by atoms with Crippen LogP contribution in [-0.2, 0) is 12.8 Å². The minimum Gasteiger partial charge on any atom is -0.288 e. The van der Waals surface area contributed by atoms with Gasteiger partial charge in [0.25, 0.3) is 0 Å². The van der Waals surface area contributed by atoms with Gasteiger partial charge in [-0.2, -0.15) is 0 Å². The fourth-order valence-electron chi connectivity index (χ4n) is 7.21. The molecule has 4 heterocycles. The summed E-state index contributed by atoms with van der Waals surface area (Å²) in [5, 5.41) is 0. The first-order valence-electron chi connectivity index (χ1n) is 18.8. The molecule has 1 aliphatic carbocycles. The van der Waals surface area contributed by atoms with E-state index in [2.05, 4.69) is 0 Å². The summed E-state index contributed by atoms with van der Waals surface area (Å²) >= 11 is 4.05. The third-order valence-electron chi connectivity index (χ3n) is 10.2. The summed E-state index contributed by atoms with van der Waals surface area (Å²) < 4.78 is 142. The summed E-state index contributed by atoms with van der Waals surface area (Å²) in [5.41, 5.74) is -0.913. The van der Waals surface area contributed by atoms with Crippen LogP contribution in [0.4, 0.5) is 43.9 Å². The molecule has 0 aliphatic heterocycles. The summed E-state index contributed by atoms with van der Waals surface area (Å²) in [5.74, 6) is -25.9. The van der Waals surface area contributed by atoms with Crippen LogP contribution in [0.3, 0.4) is 0 Å². The Hall–Kier alpha value is -4.45. The summed E-state index contributed by atoms with van der Waals surface area (Å²) in [7, 11) is 0. The Morgan fingerprint density at radius 2 is 0.767 bits per heavy atom. The fraction of sp³-hybridized carbons (Fsp3) is 0.279. The van der Waals surface area contributed by atoms with E-state index in [1.54, 1.807) is 0 Å². The molecule has 7 rings (SSSR count). The molecule has 0 unspecified atom stereocenters. The third-order valence-corrected chi connectivity index (χ3v) is 15.4. The number of halogens is 10. The van der Waals surface area contributed by atoms with Crippen molar-refractivity contribution in [2.24, 2.45) is 0 Å². The van der Waals surface area contributed by atoms with Gasteiger partial charge in [0.1, 0.15) is 11.1 Å². The smallest absolute Gasteiger partial charge is 0.209 e. The lowest BCUT2D eigenvalue weighted by Crippen LogP contribution is -2.12. The van der Waals surface area contributed by atoms with E-state index in [-0.39, 0.29) is 15.5 Å². The molecule has 0 fully saturated rings. The fourth-order valence-corrected chi connectivity index (χ4v) is 12.2. The van der Waals surface area contributed by atoms with Gasteiger partial charge in [-0.3, -0.25) is 14.4 Å². The first-order valence-corrected chi connectivity index (χ1v) is 22.1. The van der Waals surface area contributed by atoms with E-state index in [0.717, 1.165) is 61.2 Å². The van der Waals surface area contributed by atoms with Crippen LogP contribution in [0.15, 0.2) is 24.3 Å². The minimum absolute atomic E-state index is 0.274. The van der Waals surface area contributed by atoms with Gasteiger partial charge in [-0.05, 0) is 61.1 Å². The van der Waals surface area contributed by atoms with Crippen molar-refractivity contribution in [3.05, 3.63) is 126 Å². The van der Waals surface area contributed by atoms with E-state index in [1.807, 2.05) is 13.8 Å². The second-order valence-electron chi connectivity index (χ2n) is 14.1. The van der Waals surface area contributed by atoms with Crippen molar-refractivity contribution in [3.63, 3.8) is 0 Å². The normalized spacial score (nSPS) is 12.2. The van der Waals surface area contributed by atoms with E-state index < -0.39 is 80.9 Å². The molecule has 2 aromatic carbocycles. The molecular weight excluding hydrogens is 883 g/mol. The first kappa shape index (κ1) is 43.6. The number of carbonyl (C=O) groups is 3. The monoisotopic (exact) mass is 912 g/mol. The van der Waals surface area contributed by atoms with Crippen LogP contribution < -0.4 is 0 Å². The van der Waals surface area contributed by atoms with Crippen LogP contribution in [0.25, 0.3) is 29.3 Å². The molecule has 0 N–H and O–H groups in total. The van der Waals surface area contributed by atoms with Gasteiger partial charge in [-0.1, -0.05) is 52.4 Å². The van der Waals surface area contributed by atoms with E-state index >= 15 is 0 Å². The number of carbonyl (C=O) groups excluding carboxylic acids is 3. The van der Waals surface area contributed by atoms with Gasteiger partial charge in [0.05, 0.1) is 19.5 Å². The molecule has 0 saturated heterocycles. The molecule has 0 radical (unpaired) electrons. The molecule has 314 valence electrons. The standard InChI is InChI=1S/C43H30F10O3S4/c1-3-5-7-9-11-17-23-39(56)24-18(12-10-8-6-4-2)41(22-16-14-20(58-22)38(55)26-29(46)33(50)36(53)34(51)30(26)47)60-43(24)42(23)59-40(17)21-15-13-19(57-21)37(54)25-27(44)31(48)35(52)32(49)28(25)45/h13-16H,3-12H2,1-2H3. The maximum atomic E-state index is 14.7. The van der Waals surface area contributed by atoms with Crippen molar-refractivity contribution < 1.29 is 58.3 Å². The Morgan fingerprint density at radius 1 is 0.433 bits per heavy atom. The van der Waals surface area contributed by atoms with Crippen LogP contribution in [0.2, 0.25) is 0 Å². The predicted molar refractivity (Wildman–Crippen MR) is 213 cm³/mol. The maximum absolute atomic E-state index is 14.7. The predicted octanol–water partition coefficient (Wildman–Crippen LogP) is 14.6. The number of ketones is 3. The number of fused-ring (bicyclic) bond motifs is 3. The zero-order valence-electron chi connectivity index (χ0n) is 31.5. The Morgan fingerprint density at radius 3 is 1.10 bits per heavy atom. The van der Waals surface area contributed by atoms with Gasteiger partial charge in [-0.15, -0.1) is 45.3 Å². The highest BCUT2D eigenvalue weighted by molar-refractivity contribution is 7.30. The Kier molecular flexibility index (Phi) is 12.7. The van der Waals surface area contributed by atoms with Crippen LogP contribution >= 0.6 is 45.3 Å². The molecule has 60 heavy (non-hydrogen) atoms. The van der Waals surface area contributed by atoms with Crippen molar-refractivity contribution in [1.82, 2.24) is 0 Å². The lowest BCUT2D eigenvalue weighted by atomic mass is 9.96. The molecule has 4 aromatic heterocycles. The number of thiophene rings is 4. The van der Waals surface area contributed by atoms with Crippen LogP contribution in [0.1, 0.15) is 123 Å². The minimum atomic E-state index is -2.39. The van der Waals surface area contributed by atoms with Crippen LogP contribution in [-0.4, -0.2) is 17.3 Å². The van der Waals surface area contributed by atoms with E-state index in [0.29, 0.717) is 77.2 Å². The molecular formula is C43H30F10O3S4. The van der Waals surface area contributed by atoms with Crippen LogP contribution in [0, 0.1) is 58.2 Å². The largest absolute Gasteiger partial charge is 0.288 e. The lowest BCUT2D eigenvalue weighted by molar-refractivity contribution is 0.102. The van der Waals surface area contributed by atoms with Crippen molar-refractivity contribution in [2.45, 2.75) is 78.1 Å². The summed E-state index contributed by atoms with van der Waals surface area (Å²) in [6.45, 7) is 4.07. The Balaban J connectivity index is 1.32. The second-order valence-corrected chi connectivity index (χ2v) is 18.3. The highest BCUT2D eigenvalue weighted by Crippen LogP contribution is 2.56. The van der Waals surface area contributed by atoms with Crippen molar-refractivity contribution >= 4 is 62.7 Å². The zero-order chi connectivity index (χ0) is 43.3. The first-order chi connectivity index (χ1) is 28.6. The van der Waals surface area contributed by atoms with Gasteiger partial charge in [0.15, 0.2) is 52.3 Å². The highest BCUT2D eigenvalue weighted by Gasteiger charge is 2.40. The Bertz CT molecular complexity index is 2480. The van der Waals surface area contributed by atoms with Gasteiger partial charge in [0, 0.05) is 30.6 Å².